The Bertz CT molecular complexity index is 1350. The molecule has 2 aromatic carbocycles. The van der Waals surface area contributed by atoms with E-state index < -0.39 is 5.91 Å². The summed E-state index contributed by atoms with van der Waals surface area (Å²) in [6.07, 6.45) is 5.61. The smallest absolute Gasteiger partial charge is 0.279 e. The molecule has 0 spiro atoms. The van der Waals surface area contributed by atoms with E-state index in [1.54, 1.807) is 23.9 Å². The second-order valence-corrected chi connectivity index (χ2v) is 8.84. The van der Waals surface area contributed by atoms with E-state index in [4.69, 9.17) is 14.5 Å². The van der Waals surface area contributed by atoms with Gasteiger partial charge in [0.2, 0.25) is 0 Å². The molecule has 184 valence electrons. The maximum Gasteiger partial charge on any atom is 0.279 e. The molecular weight excluding hydrogens is 456 g/mol. The third kappa shape index (κ3) is 4.86. The van der Waals surface area contributed by atoms with Crippen molar-refractivity contribution in [3.05, 3.63) is 72.6 Å². The molecule has 8 heteroatoms. The number of anilines is 1. The zero-order valence-corrected chi connectivity index (χ0v) is 20.1. The van der Waals surface area contributed by atoms with E-state index in [1.807, 2.05) is 24.3 Å². The molecule has 36 heavy (non-hydrogen) atoms. The number of methoxy groups -OCH3 is 1. The number of aromatic amines is 1. The van der Waals surface area contributed by atoms with Gasteiger partial charge in [-0.05, 0) is 42.0 Å². The Morgan fingerprint density at radius 1 is 1.06 bits per heavy atom. The van der Waals surface area contributed by atoms with Gasteiger partial charge in [-0.2, -0.15) is 0 Å². The number of amides is 1. The summed E-state index contributed by atoms with van der Waals surface area (Å²) < 4.78 is 11.0. The molecular formula is C28H29N4O4+. The quantitative estimate of drug-likeness (QED) is 0.265. The van der Waals surface area contributed by atoms with Gasteiger partial charge < -0.3 is 14.8 Å². The summed E-state index contributed by atoms with van der Waals surface area (Å²) in [4.78, 5) is 20.2. The number of nitrogens with one attached hydrogen (secondary N) is 3. The van der Waals surface area contributed by atoms with Crippen LogP contribution in [0, 0.1) is 5.92 Å². The number of pyridine rings is 2. The van der Waals surface area contributed by atoms with Crippen LogP contribution in [0.2, 0.25) is 0 Å². The number of carbonyl (C=O) groups excluding carboxylic acids is 1. The van der Waals surface area contributed by atoms with Crippen molar-refractivity contribution >= 4 is 22.5 Å². The first-order valence-electron chi connectivity index (χ1n) is 12.0. The van der Waals surface area contributed by atoms with Crippen LogP contribution in [0.5, 0.6) is 5.75 Å². The van der Waals surface area contributed by atoms with Crippen molar-refractivity contribution in [3.63, 3.8) is 0 Å². The molecule has 1 aliphatic heterocycles. The van der Waals surface area contributed by atoms with Gasteiger partial charge in [-0.15, -0.1) is 0 Å². The minimum absolute atomic E-state index is 0.213. The number of aromatic nitrogens is 2. The van der Waals surface area contributed by atoms with E-state index in [-0.39, 0.29) is 5.56 Å². The molecule has 1 aliphatic rings. The van der Waals surface area contributed by atoms with E-state index >= 15 is 0 Å². The van der Waals surface area contributed by atoms with Crippen molar-refractivity contribution in [2.24, 2.45) is 5.92 Å². The van der Waals surface area contributed by atoms with Crippen molar-refractivity contribution in [2.45, 2.75) is 12.8 Å². The molecule has 0 aliphatic carbocycles. The molecule has 0 atom stereocenters. The highest BCUT2D eigenvalue weighted by Crippen LogP contribution is 2.36. The average Bonchev–Trinajstić information content (AvgIpc) is 2.95. The van der Waals surface area contributed by atoms with Crippen LogP contribution in [0.15, 0.2) is 67.0 Å². The Hall–Kier alpha value is -4.01. The highest BCUT2D eigenvalue weighted by Gasteiger charge is 2.23. The maximum atomic E-state index is 12.5. The van der Waals surface area contributed by atoms with Gasteiger partial charge in [0.15, 0.2) is 18.1 Å². The van der Waals surface area contributed by atoms with Crippen molar-refractivity contribution < 1.29 is 24.5 Å². The average molecular weight is 486 g/mol. The van der Waals surface area contributed by atoms with Crippen LogP contribution in [0.1, 0.15) is 23.2 Å². The Balaban J connectivity index is 1.39. The van der Waals surface area contributed by atoms with Gasteiger partial charge in [0.1, 0.15) is 11.3 Å². The first-order valence-corrected chi connectivity index (χ1v) is 12.0. The number of benzene rings is 2. The normalized spacial score (nSPS) is 13.9. The molecule has 0 saturated carbocycles. The number of hydrogen-bond donors (Lipinski definition) is 3. The van der Waals surface area contributed by atoms with Gasteiger partial charge in [-0.25, -0.2) is 15.4 Å². The SMILES string of the molecule is COc1c(-c2ccc(-c3ccc(NCC4CCOCC4)cc3)cc2)nc2cc[nH+]cc2c1C(=O)NO. The number of hydroxylamine groups is 1. The molecule has 4 aromatic rings. The summed E-state index contributed by atoms with van der Waals surface area (Å²) in [7, 11) is 1.49. The molecule has 3 heterocycles. The fourth-order valence-electron chi connectivity index (χ4n) is 4.62. The topological polar surface area (TPSA) is 107 Å². The van der Waals surface area contributed by atoms with Crippen LogP contribution in [0.3, 0.4) is 0 Å². The van der Waals surface area contributed by atoms with E-state index in [0.717, 1.165) is 55.0 Å². The fraction of sp³-hybridized carbons (Fsp3) is 0.250. The van der Waals surface area contributed by atoms with Crippen LogP contribution in [-0.4, -0.2) is 43.0 Å². The van der Waals surface area contributed by atoms with Gasteiger partial charge >= 0.3 is 0 Å². The Kier molecular flexibility index (Phi) is 7.06. The molecule has 4 N–H and O–H groups in total. The lowest BCUT2D eigenvalue weighted by Crippen LogP contribution is -2.22. The Morgan fingerprint density at radius 3 is 2.39 bits per heavy atom. The van der Waals surface area contributed by atoms with Crippen molar-refractivity contribution in [1.29, 1.82) is 0 Å². The minimum atomic E-state index is -0.665. The maximum absolute atomic E-state index is 12.5. The van der Waals surface area contributed by atoms with Crippen molar-refractivity contribution in [2.75, 3.05) is 32.2 Å². The van der Waals surface area contributed by atoms with Gasteiger partial charge in [0.25, 0.3) is 5.91 Å². The highest BCUT2D eigenvalue weighted by atomic mass is 16.5. The van der Waals surface area contributed by atoms with E-state index in [0.29, 0.717) is 28.3 Å². The van der Waals surface area contributed by atoms with Gasteiger partial charge in [-0.3, -0.25) is 10.0 Å². The van der Waals surface area contributed by atoms with Crippen LogP contribution in [0.25, 0.3) is 33.3 Å². The van der Waals surface area contributed by atoms with Crippen molar-refractivity contribution in [3.8, 4) is 28.1 Å². The molecule has 8 nitrogen and oxygen atoms in total. The molecule has 0 bridgehead atoms. The molecule has 1 amide bonds. The minimum Gasteiger partial charge on any atom is -0.494 e. The Morgan fingerprint density at radius 2 is 1.72 bits per heavy atom. The number of ether oxygens (including phenoxy) is 2. The number of fused-ring (bicyclic) bond motifs is 1. The number of nitrogens with zero attached hydrogens (tertiary/aromatic N) is 1. The number of rotatable bonds is 7. The van der Waals surface area contributed by atoms with Gasteiger partial charge in [0.05, 0.1) is 18.0 Å². The molecule has 1 fully saturated rings. The molecule has 5 rings (SSSR count). The molecule has 1 saturated heterocycles. The highest BCUT2D eigenvalue weighted by molar-refractivity contribution is 6.09. The lowest BCUT2D eigenvalue weighted by Gasteiger charge is -2.22. The second-order valence-electron chi connectivity index (χ2n) is 8.84. The third-order valence-electron chi connectivity index (χ3n) is 6.63. The summed E-state index contributed by atoms with van der Waals surface area (Å²) in [5.74, 6) is 0.289. The van der Waals surface area contributed by atoms with Gasteiger partial charge in [0, 0.05) is 37.1 Å². The summed E-state index contributed by atoms with van der Waals surface area (Å²) >= 11 is 0. The van der Waals surface area contributed by atoms with E-state index in [2.05, 4.69) is 34.6 Å². The number of carbonyl (C=O) groups is 1. The predicted molar refractivity (Wildman–Crippen MR) is 137 cm³/mol. The van der Waals surface area contributed by atoms with Crippen molar-refractivity contribution in [1.82, 2.24) is 10.5 Å². The zero-order valence-electron chi connectivity index (χ0n) is 20.1. The second kappa shape index (κ2) is 10.7. The van der Waals surface area contributed by atoms with Crippen LogP contribution in [-0.2, 0) is 4.74 Å². The monoisotopic (exact) mass is 485 g/mol. The Labute approximate surface area is 209 Å². The molecule has 0 unspecified atom stereocenters. The lowest BCUT2D eigenvalue weighted by molar-refractivity contribution is -0.375. The molecule has 2 aromatic heterocycles. The standard InChI is InChI=1S/C28H28N4O4/c1-35-27-25(28(33)32-34)23-17-29-13-10-24(23)31-26(27)21-4-2-19(3-5-21)20-6-8-22(9-7-20)30-16-18-11-14-36-15-12-18/h2-10,13,17-18,30,34H,11-12,14-16H2,1H3,(H,32,33)/p+1. The number of H-pyrrole nitrogens is 1. The first-order chi connectivity index (χ1) is 17.7. The van der Waals surface area contributed by atoms with E-state index in [9.17, 15) is 10.0 Å². The predicted octanol–water partition coefficient (Wildman–Crippen LogP) is 4.35. The summed E-state index contributed by atoms with van der Waals surface area (Å²) in [5.41, 5.74) is 7.14. The van der Waals surface area contributed by atoms with Crippen LogP contribution < -0.4 is 20.5 Å². The summed E-state index contributed by atoms with van der Waals surface area (Å²) in [6, 6.07) is 18.2. The fourth-order valence-corrected chi connectivity index (χ4v) is 4.62. The molecule has 0 radical (unpaired) electrons. The van der Waals surface area contributed by atoms with Crippen LogP contribution in [0.4, 0.5) is 5.69 Å². The van der Waals surface area contributed by atoms with Gasteiger partial charge in [-0.1, -0.05) is 36.4 Å². The van der Waals surface area contributed by atoms with Crippen LogP contribution >= 0.6 is 0 Å². The largest absolute Gasteiger partial charge is 0.494 e. The lowest BCUT2D eigenvalue weighted by atomic mass is 9.99. The first kappa shape index (κ1) is 23.7. The van der Waals surface area contributed by atoms with E-state index in [1.165, 1.54) is 7.11 Å². The zero-order chi connectivity index (χ0) is 24.9. The number of hydrogen-bond acceptors (Lipinski definition) is 6. The summed E-state index contributed by atoms with van der Waals surface area (Å²) in [5, 5.41) is 13.4. The summed E-state index contributed by atoms with van der Waals surface area (Å²) in [6.45, 7) is 2.68. The third-order valence-corrected chi connectivity index (χ3v) is 6.63.